The lowest BCUT2D eigenvalue weighted by Crippen LogP contribution is -2.27. The van der Waals surface area contributed by atoms with Crippen LogP contribution in [0.15, 0.2) is 84.9 Å². The number of amides is 1. The van der Waals surface area contributed by atoms with E-state index in [1.165, 1.54) is 29.8 Å². The van der Waals surface area contributed by atoms with E-state index in [4.69, 9.17) is 0 Å². The van der Waals surface area contributed by atoms with Crippen LogP contribution in [0, 0.1) is 0 Å². The van der Waals surface area contributed by atoms with Crippen molar-refractivity contribution in [1.82, 2.24) is 19.3 Å². The first-order valence-electron chi connectivity index (χ1n) is 9.87. The first-order valence-corrected chi connectivity index (χ1v) is 12.6. The van der Waals surface area contributed by atoms with Gasteiger partial charge in [-0.2, -0.15) is 0 Å². The van der Waals surface area contributed by atoms with Gasteiger partial charge < -0.3 is 10.6 Å². The lowest BCUT2D eigenvalue weighted by Gasteiger charge is -2.08. The van der Waals surface area contributed by atoms with E-state index in [0.29, 0.717) is 10.8 Å². The molecule has 4 aromatic rings. The van der Waals surface area contributed by atoms with Gasteiger partial charge in [0, 0.05) is 41.4 Å². The van der Waals surface area contributed by atoms with Gasteiger partial charge in [0.25, 0.3) is 5.91 Å². The van der Waals surface area contributed by atoms with Crippen LogP contribution in [0.2, 0.25) is 0 Å². The largest absolute Gasteiger partial charge is 0.346 e. The van der Waals surface area contributed by atoms with E-state index in [2.05, 4.69) is 33.2 Å². The number of hydrogen-bond donors (Lipinski definition) is 2. The molecule has 0 saturated heterocycles. The second kappa shape index (κ2) is 9.39. The molecule has 1 aromatic carbocycles. The number of carbonyl (C=O) groups is 1. The zero-order chi connectivity index (χ0) is 23.4. The van der Waals surface area contributed by atoms with Gasteiger partial charge in [-0.25, -0.2) is 13.4 Å². The van der Waals surface area contributed by atoms with E-state index in [0.717, 1.165) is 32.6 Å². The summed E-state index contributed by atoms with van der Waals surface area (Å²) in [4.78, 5) is 21.0. The van der Waals surface area contributed by atoms with Crippen LogP contribution in [-0.2, 0) is 10.0 Å². The van der Waals surface area contributed by atoms with Crippen LogP contribution >= 0.6 is 11.3 Å². The van der Waals surface area contributed by atoms with Crippen molar-refractivity contribution in [2.75, 3.05) is 18.1 Å². The van der Waals surface area contributed by atoms with Gasteiger partial charge in [0.15, 0.2) is 5.13 Å². The third-order valence-corrected chi connectivity index (χ3v) is 6.49. The van der Waals surface area contributed by atoms with Crippen molar-refractivity contribution in [3.63, 3.8) is 0 Å². The Morgan fingerprint density at radius 1 is 1.12 bits per heavy atom. The molecule has 3 heterocycles. The fraction of sp³-hybridized carbons (Fsp3) is 0.0870. The highest BCUT2D eigenvalue weighted by Crippen LogP contribution is 2.29. The van der Waals surface area contributed by atoms with Crippen molar-refractivity contribution in [1.29, 1.82) is 0 Å². The van der Waals surface area contributed by atoms with Gasteiger partial charge in [-0.3, -0.25) is 13.8 Å². The van der Waals surface area contributed by atoms with Gasteiger partial charge >= 0.3 is 0 Å². The molecular formula is C23H21N5O3S2. The highest BCUT2D eigenvalue weighted by molar-refractivity contribution is 7.89. The molecule has 0 unspecified atom stereocenters. The van der Waals surface area contributed by atoms with E-state index in [-0.39, 0.29) is 12.1 Å². The van der Waals surface area contributed by atoms with Gasteiger partial charge in [0.05, 0.1) is 24.1 Å². The Labute approximate surface area is 195 Å². The number of benzene rings is 1. The molecule has 0 aliphatic carbocycles. The second-order valence-corrected chi connectivity index (χ2v) is 10.0. The number of thiazole rings is 1. The molecule has 0 atom stereocenters. The average Bonchev–Trinajstić information content (AvgIpc) is 3.48. The van der Waals surface area contributed by atoms with Crippen LogP contribution in [0.25, 0.3) is 22.4 Å². The van der Waals surface area contributed by atoms with Gasteiger partial charge in [-0.1, -0.05) is 24.8 Å². The van der Waals surface area contributed by atoms with Crippen LogP contribution in [0.1, 0.15) is 10.4 Å². The Hall–Kier alpha value is -3.76. The minimum absolute atomic E-state index is 0.162. The summed E-state index contributed by atoms with van der Waals surface area (Å²) in [7, 11) is -3.43. The Morgan fingerprint density at radius 3 is 2.61 bits per heavy atom. The number of nitrogens with one attached hydrogen (secondary N) is 2. The Morgan fingerprint density at radius 2 is 1.88 bits per heavy atom. The highest BCUT2D eigenvalue weighted by Gasteiger charge is 2.12. The van der Waals surface area contributed by atoms with Crippen molar-refractivity contribution in [3.05, 3.63) is 90.5 Å². The summed E-state index contributed by atoms with van der Waals surface area (Å²) in [5, 5.41) is 8.42. The van der Waals surface area contributed by atoms with E-state index >= 15 is 0 Å². The summed E-state index contributed by atoms with van der Waals surface area (Å²) in [5.74, 6) is -0.395. The van der Waals surface area contributed by atoms with Crippen molar-refractivity contribution < 1.29 is 13.2 Å². The fourth-order valence-electron chi connectivity index (χ4n) is 3.07. The number of anilines is 1. The Kier molecular flexibility index (Phi) is 6.38. The minimum Gasteiger partial charge on any atom is -0.346 e. The molecule has 3 aromatic heterocycles. The monoisotopic (exact) mass is 479 g/mol. The predicted octanol–water partition coefficient (Wildman–Crippen LogP) is 3.84. The maximum Gasteiger partial charge on any atom is 0.253 e. The van der Waals surface area contributed by atoms with Gasteiger partial charge in [0.2, 0.25) is 10.0 Å². The Balaban J connectivity index is 1.36. The lowest BCUT2D eigenvalue weighted by molar-refractivity contribution is 0.0957. The second-order valence-electron chi connectivity index (χ2n) is 7.26. The molecule has 2 N–H and O–H groups in total. The summed E-state index contributed by atoms with van der Waals surface area (Å²) >= 11 is 1.44. The number of rotatable bonds is 8. The molecule has 4 rings (SSSR count). The van der Waals surface area contributed by atoms with Crippen molar-refractivity contribution >= 4 is 32.4 Å². The zero-order valence-electron chi connectivity index (χ0n) is 17.7. The van der Waals surface area contributed by atoms with Gasteiger partial charge in [-0.05, 0) is 35.4 Å². The topological polar surface area (TPSA) is 106 Å². The standard InChI is InChI=1S/C23H21N5O3S2/c1-16(13-25-22(29)20-8-11-28(14-20)33(2,30)31)26-23-27-21(15-32-23)19-5-3-4-18(12-19)17-6-9-24-10-7-17/h3-12,14-15H,1,13H2,2H3,(H,25,29)(H,26,27). The summed E-state index contributed by atoms with van der Waals surface area (Å²) < 4.78 is 24.1. The molecule has 33 heavy (non-hydrogen) atoms. The first kappa shape index (κ1) is 22.4. The SMILES string of the molecule is C=C(CNC(=O)c1ccn(S(C)(=O)=O)c1)Nc1nc(-c2cccc(-c3ccncc3)c2)cs1. The molecular weight excluding hydrogens is 458 g/mol. The van der Waals surface area contributed by atoms with Gasteiger partial charge in [0.1, 0.15) is 0 Å². The predicted molar refractivity (Wildman–Crippen MR) is 131 cm³/mol. The third kappa shape index (κ3) is 5.54. The number of nitrogens with zero attached hydrogens (tertiary/aromatic N) is 3. The lowest BCUT2D eigenvalue weighted by atomic mass is 10.0. The molecule has 0 radical (unpaired) electrons. The minimum atomic E-state index is -3.43. The van der Waals surface area contributed by atoms with Crippen molar-refractivity contribution in [3.8, 4) is 22.4 Å². The summed E-state index contributed by atoms with van der Waals surface area (Å²) in [6.07, 6.45) is 7.20. The number of pyridine rings is 1. The Bertz CT molecular complexity index is 1410. The summed E-state index contributed by atoms with van der Waals surface area (Å²) in [6.45, 7) is 4.09. The van der Waals surface area contributed by atoms with Crippen LogP contribution in [0.5, 0.6) is 0 Å². The zero-order valence-corrected chi connectivity index (χ0v) is 19.4. The number of aromatic nitrogens is 3. The summed E-state index contributed by atoms with van der Waals surface area (Å²) in [5.41, 5.74) is 4.78. The molecule has 168 valence electrons. The molecule has 0 fully saturated rings. The maximum atomic E-state index is 12.3. The van der Waals surface area contributed by atoms with Crippen molar-refractivity contribution in [2.45, 2.75) is 0 Å². The maximum absolute atomic E-state index is 12.3. The molecule has 8 nitrogen and oxygen atoms in total. The normalized spacial score (nSPS) is 11.2. The highest BCUT2D eigenvalue weighted by atomic mass is 32.2. The van der Waals surface area contributed by atoms with E-state index < -0.39 is 15.9 Å². The molecule has 0 aliphatic heterocycles. The van der Waals surface area contributed by atoms with Crippen LogP contribution in [0.4, 0.5) is 5.13 Å². The van der Waals surface area contributed by atoms with Crippen LogP contribution < -0.4 is 10.6 Å². The average molecular weight is 480 g/mol. The molecule has 0 spiro atoms. The molecule has 0 saturated carbocycles. The van der Waals surface area contributed by atoms with Crippen molar-refractivity contribution in [2.24, 2.45) is 0 Å². The summed E-state index contributed by atoms with van der Waals surface area (Å²) in [6, 6.07) is 13.5. The van der Waals surface area contributed by atoms with Gasteiger partial charge in [-0.15, -0.1) is 11.3 Å². The fourth-order valence-corrected chi connectivity index (χ4v) is 4.42. The quantitative estimate of drug-likeness (QED) is 0.398. The molecule has 10 heteroatoms. The molecule has 0 aliphatic rings. The third-order valence-electron chi connectivity index (χ3n) is 4.73. The smallest absolute Gasteiger partial charge is 0.253 e. The van der Waals surface area contributed by atoms with Crippen LogP contribution in [0.3, 0.4) is 0 Å². The van der Waals surface area contributed by atoms with E-state index in [9.17, 15) is 13.2 Å². The van der Waals surface area contributed by atoms with Crippen LogP contribution in [-0.4, -0.2) is 41.1 Å². The number of carbonyl (C=O) groups excluding carboxylic acids is 1. The first-order chi connectivity index (χ1) is 15.8. The van der Waals surface area contributed by atoms with E-state index in [1.54, 1.807) is 12.4 Å². The number of hydrogen-bond acceptors (Lipinski definition) is 7. The van der Waals surface area contributed by atoms with E-state index in [1.807, 2.05) is 35.7 Å². The molecule has 1 amide bonds. The molecule has 0 bridgehead atoms.